The molecule has 0 unspecified atom stereocenters. The van der Waals surface area contributed by atoms with E-state index in [1.807, 2.05) is 13.1 Å². The molecule has 0 heterocycles. The Hall–Kier alpha value is -0.930. The maximum Gasteiger partial charge on any atom is 0.165 e. The van der Waals surface area contributed by atoms with Crippen LogP contribution >= 0.6 is 11.6 Å². The molecule has 0 amide bonds. The maximum absolute atomic E-state index is 6.09. The van der Waals surface area contributed by atoms with Gasteiger partial charge in [0.05, 0.1) is 14.2 Å². The largest absolute Gasteiger partial charge is 0.493 e. The molecular formula is C12H16ClNO2. The molecule has 1 aliphatic carbocycles. The van der Waals surface area contributed by atoms with Gasteiger partial charge >= 0.3 is 0 Å². The smallest absolute Gasteiger partial charge is 0.165 e. The lowest BCUT2D eigenvalue weighted by atomic mass is 10.0. The van der Waals surface area contributed by atoms with Gasteiger partial charge in [-0.3, -0.25) is 0 Å². The third kappa shape index (κ3) is 1.74. The Morgan fingerprint density at radius 3 is 2.38 bits per heavy atom. The molecule has 3 nitrogen and oxygen atoms in total. The van der Waals surface area contributed by atoms with Gasteiger partial charge in [0.15, 0.2) is 11.5 Å². The van der Waals surface area contributed by atoms with E-state index in [-0.39, 0.29) is 5.54 Å². The van der Waals surface area contributed by atoms with Crippen molar-refractivity contribution in [3.05, 3.63) is 22.7 Å². The number of methoxy groups -OCH3 is 2. The molecule has 1 aromatic carbocycles. The Balaban J connectivity index is 2.54. The first-order valence-electron chi connectivity index (χ1n) is 5.28. The highest BCUT2D eigenvalue weighted by Gasteiger charge is 2.45. The van der Waals surface area contributed by atoms with Crippen molar-refractivity contribution in [2.45, 2.75) is 18.4 Å². The van der Waals surface area contributed by atoms with Crippen LogP contribution in [0.4, 0.5) is 0 Å². The van der Waals surface area contributed by atoms with Crippen molar-refractivity contribution in [3.8, 4) is 11.5 Å². The number of rotatable bonds is 4. The minimum Gasteiger partial charge on any atom is -0.493 e. The Morgan fingerprint density at radius 2 is 1.94 bits per heavy atom. The van der Waals surface area contributed by atoms with E-state index in [1.165, 1.54) is 0 Å². The predicted octanol–water partition coefficient (Wildman–Crippen LogP) is 2.57. The van der Waals surface area contributed by atoms with E-state index in [2.05, 4.69) is 5.32 Å². The van der Waals surface area contributed by atoms with Crippen molar-refractivity contribution in [2.75, 3.05) is 21.3 Å². The summed E-state index contributed by atoms with van der Waals surface area (Å²) in [6.45, 7) is 0. The van der Waals surface area contributed by atoms with Gasteiger partial charge in [-0.05, 0) is 26.0 Å². The molecule has 0 radical (unpaired) electrons. The summed E-state index contributed by atoms with van der Waals surface area (Å²) in [5.74, 6) is 1.46. The van der Waals surface area contributed by atoms with Crippen LogP contribution in [0.3, 0.4) is 0 Å². The van der Waals surface area contributed by atoms with Gasteiger partial charge in [0.2, 0.25) is 0 Å². The zero-order valence-corrected chi connectivity index (χ0v) is 10.5. The summed E-state index contributed by atoms with van der Waals surface area (Å²) in [7, 11) is 5.23. The monoisotopic (exact) mass is 241 g/mol. The van der Waals surface area contributed by atoms with E-state index in [0.717, 1.165) is 24.2 Å². The molecule has 1 fully saturated rings. The minimum absolute atomic E-state index is 0.0174. The van der Waals surface area contributed by atoms with Crippen LogP contribution in [0.15, 0.2) is 12.1 Å². The van der Waals surface area contributed by atoms with Crippen LogP contribution in [-0.4, -0.2) is 21.3 Å². The second-order valence-electron chi connectivity index (χ2n) is 4.02. The quantitative estimate of drug-likeness (QED) is 0.879. The molecule has 2 rings (SSSR count). The minimum atomic E-state index is 0.0174. The van der Waals surface area contributed by atoms with E-state index < -0.39 is 0 Å². The third-order valence-electron chi connectivity index (χ3n) is 3.19. The first kappa shape index (κ1) is 11.6. The predicted molar refractivity (Wildman–Crippen MR) is 64.5 cm³/mol. The van der Waals surface area contributed by atoms with Gasteiger partial charge in [-0.15, -0.1) is 0 Å². The zero-order chi connectivity index (χ0) is 11.8. The van der Waals surface area contributed by atoms with Crippen molar-refractivity contribution in [1.82, 2.24) is 5.32 Å². The first-order chi connectivity index (χ1) is 7.66. The van der Waals surface area contributed by atoms with Crippen LogP contribution in [-0.2, 0) is 5.54 Å². The number of hydrogen-bond acceptors (Lipinski definition) is 3. The lowest BCUT2D eigenvalue weighted by molar-refractivity contribution is 0.346. The summed E-state index contributed by atoms with van der Waals surface area (Å²) < 4.78 is 10.7. The molecule has 4 heteroatoms. The summed E-state index contributed by atoms with van der Waals surface area (Å²) in [6, 6.07) is 3.72. The molecule has 1 N–H and O–H groups in total. The van der Waals surface area contributed by atoms with E-state index in [4.69, 9.17) is 21.1 Å². The van der Waals surface area contributed by atoms with E-state index in [0.29, 0.717) is 10.8 Å². The van der Waals surface area contributed by atoms with Crippen molar-refractivity contribution in [2.24, 2.45) is 0 Å². The average Bonchev–Trinajstić information content (AvgIpc) is 3.08. The van der Waals surface area contributed by atoms with Crippen molar-refractivity contribution >= 4 is 11.6 Å². The molecule has 0 aliphatic heterocycles. The Kier molecular flexibility index (Phi) is 3.00. The van der Waals surface area contributed by atoms with Gasteiger partial charge in [-0.2, -0.15) is 0 Å². The van der Waals surface area contributed by atoms with Gasteiger partial charge in [-0.25, -0.2) is 0 Å². The number of ether oxygens (including phenoxy) is 2. The van der Waals surface area contributed by atoms with Crippen LogP contribution in [0.1, 0.15) is 18.4 Å². The van der Waals surface area contributed by atoms with Gasteiger partial charge in [0.1, 0.15) is 0 Å². The molecule has 88 valence electrons. The summed E-state index contributed by atoms with van der Waals surface area (Å²) in [6.07, 6.45) is 2.20. The molecule has 0 spiro atoms. The maximum atomic E-state index is 6.09. The fourth-order valence-electron chi connectivity index (χ4n) is 2.07. The number of benzene rings is 1. The number of hydrogen-bond donors (Lipinski definition) is 1. The molecule has 0 bridgehead atoms. The van der Waals surface area contributed by atoms with Crippen LogP contribution in [0.2, 0.25) is 5.02 Å². The van der Waals surface area contributed by atoms with Crippen molar-refractivity contribution in [3.63, 3.8) is 0 Å². The van der Waals surface area contributed by atoms with E-state index in [1.54, 1.807) is 20.3 Å². The van der Waals surface area contributed by atoms with Gasteiger partial charge in [-0.1, -0.05) is 11.6 Å². The summed E-state index contributed by atoms with van der Waals surface area (Å²) >= 11 is 6.09. The van der Waals surface area contributed by atoms with Gasteiger partial charge < -0.3 is 14.8 Å². The molecule has 1 aromatic rings. The van der Waals surface area contributed by atoms with E-state index in [9.17, 15) is 0 Å². The van der Waals surface area contributed by atoms with Crippen LogP contribution < -0.4 is 14.8 Å². The highest BCUT2D eigenvalue weighted by molar-refractivity contribution is 6.30. The molecular weight excluding hydrogens is 226 g/mol. The fraction of sp³-hybridized carbons (Fsp3) is 0.500. The Labute approximate surface area is 101 Å². The lowest BCUT2D eigenvalue weighted by Crippen LogP contribution is -2.25. The Morgan fingerprint density at radius 1 is 1.25 bits per heavy atom. The Bertz CT molecular complexity index is 402. The van der Waals surface area contributed by atoms with Gasteiger partial charge in [0.25, 0.3) is 0 Å². The number of halogens is 1. The van der Waals surface area contributed by atoms with Crippen LogP contribution in [0.25, 0.3) is 0 Å². The third-order valence-corrected chi connectivity index (χ3v) is 3.41. The molecule has 16 heavy (non-hydrogen) atoms. The molecule has 0 aromatic heterocycles. The van der Waals surface area contributed by atoms with Crippen molar-refractivity contribution in [1.29, 1.82) is 0 Å². The summed E-state index contributed by atoms with van der Waals surface area (Å²) in [4.78, 5) is 0. The van der Waals surface area contributed by atoms with Gasteiger partial charge in [0, 0.05) is 22.2 Å². The number of nitrogens with one attached hydrogen (secondary N) is 1. The summed E-state index contributed by atoms with van der Waals surface area (Å²) in [5.41, 5.74) is 1.10. The second-order valence-corrected chi connectivity index (χ2v) is 4.46. The zero-order valence-electron chi connectivity index (χ0n) is 9.76. The second kappa shape index (κ2) is 4.15. The molecule has 0 saturated heterocycles. The SMILES string of the molecule is CNC1(c2cc(Cl)cc(OC)c2OC)CC1. The first-order valence-corrected chi connectivity index (χ1v) is 5.65. The topological polar surface area (TPSA) is 30.5 Å². The lowest BCUT2D eigenvalue weighted by Gasteiger charge is -2.20. The van der Waals surface area contributed by atoms with E-state index >= 15 is 0 Å². The highest BCUT2D eigenvalue weighted by atomic mass is 35.5. The summed E-state index contributed by atoms with van der Waals surface area (Å²) in [5, 5.41) is 4.00. The van der Waals surface area contributed by atoms with Crippen LogP contribution in [0.5, 0.6) is 11.5 Å². The molecule has 0 atom stereocenters. The average molecular weight is 242 g/mol. The molecule has 1 saturated carbocycles. The molecule has 1 aliphatic rings. The fourth-order valence-corrected chi connectivity index (χ4v) is 2.27. The normalized spacial score (nSPS) is 17.0. The van der Waals surface area contributed by atoms with Crippen molar-refractivity contribution < 1.29 is 9.47 Å². The van der Waals surface area contributed by atoms with Crippen LogP contribution in [0, 0.1) is 0 Å². The highest BCUT2D eigenvalue weighted by Crippen LogP contribution is 2.51. The standard InChI is InChI=1S/C12H16ClNO2/c1-14-12(4-5-12)9-6-8(13)7-10(15-2)11(9)16-3/h6-7,14H,4-5H2,1-3H3.